The maximum Gasteiger partial charge on any atom is 0.315 e. The highest BCUT2D eigenvalue weighted by Gasteiger charge is 2.36. The molecule has 6 nitrogen and oxygen atoms in total. The van der Waals surface area contributed by atoms with Gasteiger partial charge < -0.3 is 19.8 Å². The Morgan fingerprint density at radius 1 is 1.20 bits per heavy atom. The van der Waals surface area contributed by atoms with Gasteiger partial charge in [-0.05, 0) is 31.6 Å². The number of rotatable bonds is 5. The monoisotopic (exact) mass is 341 g/mol. The molecule has 2 aliphatic rings. The number of carbonyl (C=O) groups excluding carboxylic acids is 1. The maximum absolute atomic E-state index is 12.1. The normalized spacial score (nSPS) is 23.2. The number of aromatic nitrogens is 1. The van der Waals surface area contributed by atoms with Crippen molar-refractivity contribution in [3.05, 3.63) is 42.4 Å². The van der Waals surface area contributed by atoms with E-state index >= 15 is 0 Å². The fraction of sp³-hybridized carbons (Fsp3) is 0.474. The minimum atomic E-state index is -0.180. The van der Waals surface area contributed by atoms with Crippen LogP contribution in [-0.4, -0.2) is 29.8 Å². The van der Waals surface area contributed by atoms with E-state index in [9.17, 15) is 4.79 Å². The van der Waals surface area contributed by atoms with Crippen LogP contribution in [0.2, 0.25) is 0 Å². The van der Waals surface area contributed by atoms with Gasteiger partial charge in [0.25, 0.3) is 0 Å². The number of urea groups is 1. The van der Waals surface area contributed by atoms with Gasteiger partial charge in [-0.25, -0.2) is 9.78 Å². The first kappa shape index (κ1) is 16.1. The van der Waals surface area contributed by atoms with Gasteiger partial charge in [-0.15, -0.1) is 0 Å². The van der Waals surface area contributed by atoms with E-state index in [0.29, 0.717) is 23.7 Å². The molecule has 0 spiro atoms. The van der Waals surface area contributed by atoms with Crippen LogP contribution in [0, 0.1) is 5.92 Å². The first-order chi connectivity index (χ1) is 12.3. The third kappa shape index (κ3) is 4.20. The van der Waals surface area contributed by atoms with Gasteiger partial charge in [0.05, 0.1) is 18.8 Å². The molecule has 25 heavy (non-hydrogen) atoms. The third-order valence-electron chi connectivity index (χ3n) is 4.81. The van der Waals surface area contributed by atoms with Crippen LogP contribution < -0.4 is 10.6 Å². The third-order valence-corrected chi connectivity index (χ3v) is 4.81. The Labute approximate surface area is 147 Å². The molecule has 4 rings (SSSR count). The molecule has 1 aliphatic heterocycles. The number of nitrogens with zero attached hydrogens (tertiary/aromatic N) is 1. The molecule has 2 N–H and O–H groups in total. The second-order valence-electron chi connectivity index (χ2n) is 6.78. The first-order valence-electron chi connectivity index (χ1n) is 8.94. The zero-order valence-electron chi connectivity index (χ0n) is 14.1. The van der Waals surface area contributed by atoms with Gasteiger partial charge >= 0.3 is 6.03 Å². The number of hydrogen-bond acceptors (Lipinski definition) is 4. The summed E-state index contributed by atoms with van der Waals surface area (Å²) >= 11 is 0. The molecule has 1 saturated carbocycles. The molecule has 0 unspecified atom stereocenters. The summed E-state index contributed by atoms with van der Waals surface area (Å²) in [6, 6.07) is 9.79. The van der Waals surface area contributed by atoms with Crippen molar-refractivity contribution in [2.24, 2.45) is 5.92 Å². The Hall–Kier alpha value is -2.34. The molecule has 1 aromatic heterocycles. The number of hydrogen-bond donors (Lipinski definition) is 2. The Bertz CT molecular complexity index is 712. The standard InChI is InChI=1S/C19H23N3O3/c23-19(22-15-8-9-24-16(10-15)14-6-7-14)21-12-18-20-11-17(25-18)13-4-2-1-3-5-13/h1-5,11,14-16H,6-10,12H2,(H2,21,22,23)/t15-,16+/m0/s1. The lowest BCUT2D eigenvalue weighted by molar-refractivity contribution is -0.00915. The predicted octanol–water partition coefficient (Wildman–Crippen LogP) is 3.10. The summed E-state index contributed by atoms with van der Waals surface area (Å²) in [5, 5.41) is 5.86. The smallest absolute Gasteiger partial charge is 0.315 e. The fourth-order valence-electron chi connectivity index (χ4n) is 3.28. The molecule has 1 saturated heterocycles. The van der Waals surface area contributed by atoms with Gasteiger partial charge in [0.2, 0.25) is 5.89 Å². The topological polar surface area (TPSA) is 76.4 Å². The highest BCUT2D eigenvalue weighted by Crippen LogP contribution is 2.38. The molecular weight excluding hydrogens is 318 g/mol. The van der Waals surface area contributed by atoms with Crippen LogP contribution in [0.1, 0.15) is 31.6 Å². The average molecular weight is 341 g/mol. The number of benzene rings is 1. The van der Waals surface area contributed by atoms with E-state index in [1.165, 1.54) is 12.8 Å². The van der Waals surface area contributed by atoms with E-state index in [0.717, 1.165) is 25.0 Å². The number of nitrogens with one attached hydrogen (secondary N) is 2. The summed E-state index contributed by atoms with van der Waals surface area (Å²) in [4.78, 5) is 16.3. The summed E-state index contributed by atoms with van der Waals surface area (Å²) in [6.07, 6.45) is 6.31. The molecule has 0 radical (unpaired) electrons. The van der Waals surface area contributed by atoms with Gasteiger partial charge in [-0.1, -0.05) is 30.3 Å². The average Bonchev–Trinajstić information content (AvgIpc) is 3.39. The van der Waals surface area contributed by atoms with Crippen molar-refractivity contribution >= 4 is 6.03 Å². The lowest BCUT2D eigenvalue weighted by Crippen LogP contribution is -2.46. The van der Waals surface area contributed by atoms with Crippen molar-refractivity contribution in [3.63, 3.8) is 0 Å². The van der Waals surface area contributed by atoms with Crippen LogP contribution in [0.25, 0.3) is 11.3 Å². The lowest BCUT2D eigenvalue weighted by atomic mass is 10.0. The van der Waals surface area contributed by atoms with Crippen molar-refractivity contribution in [3.8, 4) is 11.3 Å². The summed E-state index contributed by atoms with van der Waals surface area (Å²) in [6.45, 7) is 1.00. The van der Waals surface area contributed by atoms with E-state index in [1.807, 2.05) is 30.3 Å². The molecule has 1 aromatic carbocycles. The second kappa shape index (κ2) is 7.27. The van der Waals surface area contributed by atoms with Crippen molar-refractivity contribution < 1.29 is 13.9 Å². The number of carbonyl (C=O) groups is 1. The van der Waals surface area contributed by atoms with E-state index in [4.69, 9.17) is 9.15 Å². The number of oxazole rings is 1. The maximum atomic E-state index is 12.1. The highest BCUT2D eigenvalue weighted by atomic mass is 16.5. The van der Waals surface area contributed by atoms with Crippen molar-refractivity contribution in [2.75, 3.05) is 6.61 Å². The highest BCUT2D eigenvalue weighted by molar-refractivity contribution is 5.74. The molecule has 1 aliphatic carbocycles. The largest absolute Gasteiger partial charge is 0.439 e. The van der Waals surface area contributed by atoms with Gasteiger partial charge in [-0.2, -0.15) is 0 Å². The van der Waals surface area contributed by atoms with Crippen LogP contribution in [0.5, 0.6) is 0 Å². The molecule has 6 heteroatoms. The molecule has 0 bridgehead atoms. The van der Waals surface area contributed by atoms with E-state index < -0.39 is 0 Å². The molecule has 2 atom stereocenters. The Kier molecular flexibility index (Phi) is 4.70. The van der Waals surface area contributed by atoms with Gasteiger partial charge in [0, 0.05) is 18.2 Å². The lowest BCUT2D eigenvalue weighted by Gasteiger charge is -2.30. The van der Waals surface area contributed by atoms with Crippen LogP contribution >= 0.6 is 0 Å². The summed E-state index contributed by atoms with van der Waals surface area (Å²) in [5.41, 5.74) is 0.971. The van der Waals surface area contributed by atoms with Gasteiger partial charge in [0.1, 0.15) is 0 Å². The molecule has 2 aromatic rings. The molecule has 2 fully saturated rings. The van der Waals surface area contributed by atoms with Crippen LogP contribution in [-0.2, 0) is 11.3 Å². The number of amides is 2. The van der Waals surface area contributed by atoms with E-state index in [2.05, 4.69) is 15.6 Å². The van der Waals surface area contributed by atoms with Crippen molar-refractivity contribution in [1.29, 1.82) is 0 Å². The number of ether oxygens (including phenoxy) is 1. The van der Waals surface area contributed by atoms with Crippen LogP contribution in [0.3, 0.4) is 0 Å². The molecule has 132 valence electrons. The van der Waals surface area contributed by atoms with E-state index in [1.54, 1.807) is 6.20 Å². The summed E-state index contributed by atoms with van der Waals surface area (Å²) in [5.74, 6) is 1.91. The zero-order chi connectivity index (χ0) is 17.1. The second-order valence-corrected chi connectivity index (χ2v) is 6.78. The zero-order valence-corrected chi connectivity index (χ0v) is 14.1. The SMILES string of the molecule is O=C(NCc1ncc(-c2ccccc2)o1)N[C@H]1CCO[C@@H](C2CC2)C1. The fourth-order valence-corrected chi connectivity index (χ4v) is 3.28. The molecule has 2 heterocycles. The Morgan fingerprint density at radius 2 is 2.04 bits per heavy atom. The summed E-state index contributed by atoms with van der Waals surface area (Å²) in [7, 11) is 0. The van der Waals surface area contributed by atoms with Gasteiger partial charge in [0.15, 0.2) is 5.76 Å². The minimum Gasteiger partial charge on any atom is -0.439 e. The summed E-state index contributed by atoms with van der Waals surface area (Å²) < 4.78 is 11.5. The minimum absolute atomic E-state index is 0.180. The van der Waals surface area contributed by atoms with Crippen LogP contribution in [0.15, 0.2) is 40.9 Å². The van der Waals surface area contributed by atoms with E-state index in [-0.39, 0.29) is 18.6 Å². The molecular formula is C19H23N3O3. The first-order valence-corrected chi connectivity index (χ1v) is 8.94. The van der Waals surface area contributed by atoms with Crippen molar-refractivity contribution in [2.45, 2.75) is 44.4 Å². The Morgan fingerprint density at radius 3 is 2.84 bits per heavy atom. The van der Waals surface area contributed by atoms with Crippen LogP contribution in [0.4, 0.5) is 4.79 Å². The molecule has 2 amide bonds. The quantitative estimate of drug-likeness (QED) is 0.876. The van der Waals surface area contributed by atoms with Gasteiger partial charge in [-0.3, -0.25) is 0 Å². The Balaban J connectivity index is 1.25. The van der Waals surface area contributed by atoms with Crippen molar-refractivity contribution in [1.82, 2.24) is 15.6 Å². The predicted molar refractivity (Wildman–Crippen MR) is 92.8 cm³/mol.